The van der Waals surface area contributed by atoms with E-state index in [2.05, 4.69) is 4.98 Å². The van der Waals surface area contributed by atoms with Gasteiger partial charge in [0.1, 0.15) is 5.58 Å². The zero-order valence-electron chi connectivity index (χ0n) is 22.6. The van der Waals surface area contributed by atoms with Crippen LogP contribution in [0.3, 0.4) is 0 Å². The Morgan fingerprint density at radius 1 is 1.12 bits per heavy atom. The van der Waals surface area contributed by atoms with Gasteiger partial charge in [0, 0.05) is 55.1 Å². The number of piperidine rings is 1. The number of imidazole rings is 1. The first kappa shape index (κ1) is 26.4. The maximum absolute atomic E-state index is 13.8. The Hall–Kier alpha value is -3.82. The lowest BCUT2D eigenvalue weighted by Gasteiger charge is -2.39. The number of likely N-dealkylation sites (tertiary alicyclic amines) is 1. The van der Waals surface area contributed by atoms with Gasteiger partial charge in [-0.05, 0) is 56.9 Å². The van der Waals surface area contributed by atoms with Crippen LogP contribution >= 0.6 is 0 Å². The van der Waals surface area contributed by atoms with E-state index in [1.54, 1.807) is 6.26 Å². The van der Waals surface area contributed by atoms with Gasteiger partial charge >= 0.3 is 5.69 Å². The first-order chi connectivity index (χ1) is 19.6. The van der Waals surface area contributed by atoms with Crippen molar-refractivity contribution in [2.45, 2.75) is 50.9 Å². The summed E-state index contributed by atoms with van der Waals surface area (Å²) >= 11 is 0. The highest BCUT2D eigenvalue weighted by Gasteiger charge is 2.40. The van der Waals surface area contributed by atoms with Crippen LogP contribution in [0.1, 0.15) is 50.1 Å². The highest BCUT2D eigenvalue weighted by molar-refractivity contribution is 5.92. The topological polar surface area (TPSA) is 110 Å². The van der Waals surface area contributed by atoms with Crippen LogP contribution in [-0.2, 0) is 14.3 Å². The van der Waals surface area contributed by atoms with Gasteiger partial charge in [0.15, 0.2) is 5.76 Å². The number of benzene rings is 2. The molecule has 210 valence electrons. The highest BCUT2D eigenvalue weighted by atomic mass is 16.7. The summed E-state index contributed by atoms with van der Waals surface area (Å²) in [6, 6.07) is 15.6. The third kappa shape index (κ3) is 4.84. The lowest BCUT2D eigenvalue weighted by atomic mass is 9.80. The second-order valence-electron chi connectivity index (χ2n) is 10.6. The van der Waals surface area contributed by atoms with Gasteiger partial charge in [-0.3, -0.25) is 9.36 Å². The Morgan fingerprint density at radius 2 is 1.90 bits per heavy atom. The number of nitrogens with one attached hydrogen (secondary N) is 1. The van der Waals surface area contributed by atoms with Crippen LogP contribution in [0.15, 0.2) is 75.8 Å². The van der Waals surface area contributed by atoms with Gasteiger partial charge in [-0.2, -0.15) is 0 Å². The number of furan rings is 1. The fraction of sp³-hybridized carbons (Fsp3) is 0.419. The quantitative estimate of drug-likeness (QED) is 0.333. The maximum Gasteiger partial charge on any atom is 0.326 e. The molecule has 9 heteroatoms. The van der Waals surface area contributed by atoms with Crippen molar-refractivity contribution in [1.29, 1.82) is 0 Å². The van der Waals surface area contributed by atoms with Crippen molar-refractivity contribution in [2.24, 2.45) is 5.92 Å². The van der Waals surface area contributed by atoms with Gasteiger partial charge in [0.05, 0.1) is 17.3 Å². The van der Waals surface area contributed by atoms with Gasteiger partial charge in [0.2, 0.25) is 6.29 Å². The molecule has 9 nitrogen and oxygen atoms in total. The summed E-state index contributed by atoms with van der Waals surface area (Å²) in [4.78, 5) is 31.3. The van der Waals surface area contributed by atoms with E-state index in [0.717, 1.165) is 27.6 Å². The van der Waals surface area contributed by atoms with Crippen LogP contribution in [0.25, 0.3) is 22.0 Å². The van der Waals surface area contributed by atoms with E-state index in [1.165, 1.54) is 0 Å². The van der Waals surface area contributed by atoms with Crippen molar-refractivity contribution in [1.82, 2.24) is 14.5 Å². The lowest BCUT2D eigenvalue weighted by Crippen LogP contribution is -2.44. The Kier molecular flexibility index (Phi) is 7.49. The number of amides is 1. The number of para-hydroxylation sites is 3. The van der Waals surface area contributed by atoms with Crippen LogP contribution in [0, 0.1) is 5.92 Å². The summed E-state index contributed by atoms with van der Waals surface area (Å²) in [6.45, 7) is 3.45. The van der Waals surface area contributed by atoms with Crippen molar-refractivity contribution in [3.8, 4) is 0 Å². The van der Waals surface area contributed by atoms with Gasteiger partial charge in [-0.25, -0.2) is 4.79 Å². The monoisotopic (exact) mass is 545 g/mol. The molecule has 2 aliphatic rings. The molecular weight excluding hydrogens is 510 g/mol. The van der Waals surface area contributed by atoms with Gasteiger partial charge in [-0.1, -0.05) is 30.3 Å². The van der Waals surface area contributed by atoms with Gasteiger partial charge < -0.3 is 28.9 Å². The lowest BCUT2D eigenvalue weighted by molar-refractivity contribution is -0.170. The van der Waals surface area contributed by atoms with Crippen molar-refractivity contribution < 1.29 is 23.8 Å². The number of H-pyrrole nitrogens is 1. The minimum absolute atomic E-state index is 0.0121. The largest absolute Gasteiger partial charge is 0.464 e. The van der Waals surface area contributed by atoms with Gasteiger partial charge in [0.25, 0.3) is 5.91 Å². The molecule has 2 aromatic heterocycles. The number of fused-ring (bicyclic) bond motifs is 2. The van der Waals surface area contributed by atoms with E-state index in [1.807, 2.05) is 71.0 Å². The number of aromatic amines is 1. The fourth-order valence-electron chi connectivity index (χ4n) is 6.29. The van der Waals surface area contributed by atoms with Crippen LogP contribution in [0.5, 0.6) is 0 Å². The molecule has 40 heavy (non-hydrogen) atoms. The predicted octanol–water partition coefficient (Wildman–Crippen LogP) is 4.69. The number of aromatic nitrogens is 2. The molecule has 0 aliphatic carbocycles. The molecule has 6 rings (SSSR count). The summed E-state index contributed by atoms with van der Waals surface area (Å²) < 4.78 is 20.0. The summed E-state index contributed by atoms with van der Waals surface area (Å²) in [7, 11) is 0. The molecule has 0 saturated carbocycles. The minimum Gasteiger partial charge on any atom is -0.464 e. The van der Waals surface area contributed by atoms with Crippen molar-refractivity contribution in [3.63, 3.8) is 0 Å². The Balaban J connectivity index is 1.26. The summed E-state index contributed by atoms with van der Waals surface area (Å²) in [5, 5.41) is 10.6. The first-order valence-electron chi connectivity index (χ1n) is 14.1. The number of ether oxygens (including phenoxy) is 2. The fourth-order valence-corrected chi connectivity index (χ4v) is 6.29. The third-order valence-corrected chi connectivity index (χ3v) is 8.23. The van der Waals surface area contributed by atoms with E-state index in [0.29, 0.717) is 45.4 Å². The zero-order valence-corrected chi connectivity index (χ0v) is 22.6. The second-order valence-corrected chi connectivity index (χ2v) is 10.6. The predicted molar refractivity (Wildman–Crippen MR) is 151 cm³/mol. The van der Waals surface area contributed by atoms with Crippen molar-refractivity contribution in [2.75, 3.05) is 26.3 Å². The van der Waals surface area contributed by atoms with Crippen LogP contribution in [-0.4, -0.2) is 58.1 Å². The number of allylic oxidation sites excluding steroid dienone is 1. The number of aliphatic hydroxyl groups is 1. The number of nitrogens with zero attached hydrogens (tertiary/aromatic N) is 2. The Bertz CT molecular complexity index is 1570. The number of carbonyl (C=O) groups is 1. The molecule has 4 heterocycles. The summed E-state index contributed by atoms with van der Waals surface area (Å²) in [5.41, 5.74) is 3.36. The summed E-state index contributed by atoms with van der Waals surface area (Å²) in [6.07, 6.45) is 5.67. The smallest absolute Gasteiger partial charge is 0.326 e. The zero-order chi connectivity index (χ0) is 27.6. The van der Waals surface area contributed by atoms with E-state index in [4.69, 9.17) is 13.9 Å². The van der Waals surface area contributed by atoms with E-state index in [-0.39, 0.29) is 41.8 Å². The van der Waals surface area contributed by atoms with E-state index < -0.39 is 6.29 Å². The average molecular weight is 546 g/mol. The molecule has 1 fully saturated rings. The van der Waals surface area contributed by atoms with Crippen LogP contribution in [0.4, 0.5) is 0 Å². The van der Waals surface area contributed by atoms with Crippen LogP contribution < -0.4 is 5.69 Å². The van der Waals surface area contributed by atoms with Crippen molar-refractivity contribution in [3.05, 3.63) is 82.7 Å². The first-order valence-corrected chi connectivity index (χ1v) is 14.1. The molecule has 2 aromatic carbocycles. The molecule has 0 unspecified atom stereocenters. The molecule has 1 saturated heterocycles. The molecule has 2 N–H and O–H groups in total. The van der Waals surface area contributed by atoms with Crippen LogP contribution in [0.2, 0.25) is 0 Å². The Morgan fingerprint density at radius 3 is 2.70 bits per heavy atom. The standard InChI is InChI=1S/C31H35N3O6/c1-2-38-30-22(9-7-17-35)23(24-19-39-27-12-6-3-8-21(24)27)18-28(40-30)29(36)33-15-13-20(14-16-33)34-26-11-5-4-10-25(26)32-31(34)37/h3-6,8,10-12,18-20,22-23,30,35H,2,7,9,13-17H2,1H3,(H,32,37)/t22-,23+,30-/m0/s1. The second kappa shape index (κ2) is 11.3. The number of hydrogen-bond acceptors (Lipinski definition) is 6. The molecule has 0 bridgehead atoms. The Labute approximate surface area is 232 Å². The number of hydrogen-bond donors (Lipinski definition) is 2. The van der Waals surface area contributed by atoms with Gasteiger partial charge in [-0.15, -0.1) is 0 Å². The number of rotatable bonds is 8. The molecule has 2 aliphatic heterocycles. The average Bonchev–Trinajstić information content (AvgIpc) is 3.56. The van der Waals surface area contributed by atoms with Crippen molar-refractivity contribution >= 4 is 27.9 Å². The third-order valence-electron chi connectivity index (χ3n) is 8.23. The normalized spacial score (nSPS) is 22.0. The highest BCUT2D eigenvalue weighted by Crippen LogP contribution is 2.43. The molecule has 0 spiro atoms. The molecular formula is C31H35N3O6. The number of aliphatic hydroxyl groups excluding tert-OH is 1. The molecule has 3 atom stereocenters. The maximum atomic E-state index is 13.8. The summed E-state index contributed by atoms with van der Waals surface area (Å²) in [5.74, 6) is -0.171. The molecule has 1 amide bonds. The molecule has 0 radical (unpaired) electrons. The van der Waals surface area contributed by atoms with E-state index in [9.17, 15) is 14.7 Å². The molecule has 4 aromatic rings. The number of carbonyl (C=O) groups excluding carboxylic acids is 1. The van der Waals surface area contributed by atoms with E-state index >= 15 is 0 Å². The SMILES string of the molecule is CCO[C@H]1OC(C(=O)N2CCC(n3c(=O)[nH]c4ccccc43)CC2)=C[C@@H](c2coc3ccccc23)[C@@H]1CCCO. The minimum atomic E-state index is -0.624.